The maximum absolute atomic E-state index is 7.22. The number of allylic oxidation sites excluding steroid dienone is 4. The van der Waals surface area contributed by atoms with E-state index >= 15 is 0 Å². The van der Waals surface area contributed by atoms with Gasteiger partial charge in [0.25, 0.3) is 0 Å². The van der Waals surface area contributed by atoms with E-state index in [1.54, 1.807) is 0 Å². The molecular formula is C61H41NO2. The summed E-state index contributed by atoms with van der Waals surface area (Å²) in [7, 11) is 0. The predicted molar refractivity (Wildman–Crippen MR) is 261 cm³/mol. The van der Waals surface area contributed by atoms with Crippen molar-refractivity contribution in [1.82, 2.24) is 0 Å². The highest BCUT2D eigenvalue weighted by Crippen LogP contribution is 2.66. The predicted octanol–water partition coefficient (Wildman–Crippen LogP) is 16.3. The number of ether oxygens (including phenoxy) is 2. The van der Waals surface area contributed by atoms with Crippen LogP contribution in [0.4, 0.5) is 17.1 Å². The van der Waals surface area contributed by atoms with Crippen molar-refractivity contribution in [3.05, 3.63) is 258 Å². The molecule has 3 nitrogen and oxygen atoms in total. The van der Waals surface area contributed by atoms with Gasteiger partial charge in [-0.1, -0.05) is 176 Å². The van der Waals surface area contributed by atoms with Crippen molar-refractivity contribution < 1.29 is 9.47 Å². The molecule has 1 atom stereocenters. The van der Waals surface area contributed by atoms with Crippen LogP contribution in [0.2, 0.25) is 0 Å². The molecule has 0 radical (unpaired) electrons. The number of nitrogens with zero attached hydrogens (tertiary/aromatic N) is 1. The maximum Gasteiger partial charge on any atom is 0.178 e. The molecule has 0 aromatic heterocycles. The van der Waals surface area contributed by atoms with Gasteiger partial charge in [0, 0.05) is 28.9 Å². The molecule has 9 aromatic rings. The van der Waals surface area contributed by atoms with Gasteiger partial charge in [0.05, 0.1) is 11.1 Å². The largest absolute Gasteiger partial charge is 0.449 e. The van der Waals surface area contributed by atoms with Gasteiger partial charge in [0.1, 0.15) is 0 Å². The molecule has 1 heterocycles. The van der Waals surface area contributed by atoms with Crippen molar-refractivity contribution >= 4 is 17.1 Å². The van der Waals surface area contributed by atoms with Crippen molar-refractivity contribution in [2.24, 2.45) is 0 Å². The summed E-state index contributed by atoms with van der Waals surface area (Å²) in [5, 5.41) is 0. The quantitative estimate of drug-likeness (QED) is 0.167. The number of rotatable bonds is 6. The third-order valence-electron chi connectivity index (χ3n) is 13.6. The topological polar surface area (TPSA) is 21.7 Å². The summed E-state index contributed by atoms with van der Waals surface area (Å²) < 4.78 is 14.0. The Morgan fingerprint density at radius 3 is 1.75 bits per heavy atom. The van der Waals surface area contributed by atoms with E-state index in [4.69, 9.17) is 9.47 Å². The Morgan fingerprint density at radius 2 is 1.00 bits per heavy atom. The average Bonchev–Trinajstić information content (AvgIpc) is 3.84. The Balaban J connectivity index is 0.947. The Labute approximate surface area is 373 Å². The number of anilines is 3. The first-order valence-corrected chi connectivity index (χ1v) is 22.2. The zero-order valence-electron chi connectivity index (χ0n) is 35.0. The van der Waals surface area contributed by atoms with Crippen molar-refractivity contribution in [3.8, 4) is 67.5 Å². The molecule has 0 saturated heterocycles. The molecule has 0 bridgehead atoms. The number of hydrogen-bond donors (Lipinski definition) is 0. The second kappa shape index (κ2) is 14.5. The van der Waals surface area contributed by atoms with E-state index < -0.39 is 5.41 Å². The van der Waals surface area contributed by atoms with Gasteiger partial charge in [-0.05, 0) is 122 Å². The second-order valence-electron chi connectivity index (χ2n) is 17.1. The molecule has 302 valence electrons. The summed E-state index contributed by atoms with van der Waals surface area (Å²) in [5.41, 5.74) is 18.5. The Hall–Kier alpha value is -8.14. The lowest BCUT2D eigenvalue weighted by Crippen LogP contribution is -2.25. The molecular weight excluding hydrogens is 779 g/mol. The van der Waals surface area contributed by atoms with E-state index in [0.717, 1.165) is 51.7 Å². The molecule has 3 aliphatic carbocycles. The number of hydrogen-bond acceptors (Lipinski definition) is 3. The maximum atomic E-state index is 7.22. The van der Waals surface area contributed by atoms with Crippen LogP contribution >= 0.6 is 0 Å². The minimum absolute atomic E-state index is 0.308. The first kappa shape index (κ1) is 36.5. The highest BCUT2D eigenvalue weighted by molar-refractivity contribution is 5.98. The molecule has 1 unspecified atom stereocenters. The molecule has 64 heavy (non-hydrogen) atoms. The van der Waals surface area contributed by atoms with Crippen molar-refractivity contribution in [1.29, 1.82) is 0 Å². The van der Waals surface area contributed by atoms with Crippen LogP contribution in [0.1, 0.15) is 40.2 Å². The van der Waals surface area contributed by atoms with Gasteiger partial charge < -0.3 is 14.4 Å². The highest BCUT2D eigenvalue weighted by atomic mass is 16.6. The molecule has 13 rings (SSSR count). The van der Waals surface area contributed by atoms with E-state index in [1.807, 2.05) is 0 Å². The average molecular weight is 820 g/mol. The third-order valence-corrected chi connectivity index (χ3v) is 13.6. The highest BCUT2D eigenvalue weighted by Gasteiger charge is 2.53. The summed E-state index contributed by atoms with van der Waals surface area (Å²) in [6.45, 7) is 0. The van der Waals surface area contributed by atoms with Crippen molar-refractivity contribution in [2.45, 2.75) is 17.8 Å². The third kappa shape index (κ3) is 5.54. The fourth-order valence-corrected chi connectivity index (χ4v) is 10.8. The first-order chi connectivity index (χ1) is 31.7. The van der Waals surface area contributed by atoms with Crippen LogP contribution in [-0.2, 0) is 5.41 Å². The van der Waals surface area contributed by atoms with Crippen LogP contribution in [-0.4, -0.2) is 0 Å². The van der Waals surface area contributed by atoms with Gasteiger partial charge in [0.15, 0.2) is 23.0 Å². The van der Waals surface area contributed by atoms with Crippen LogP contribution in [0.25, 0.3) is 44.5 Å². The van der Waals surface area contributed by atoms with E-state index in [0.29, 0.717) is 17.4 Å². The summed E-state index contributed by atoms with van der Waals surface area (Å²) in [4.78, 5) is 2.35. The fraction of sp³-hybridized carbons (Fsp3) is 0.0492. The smallest absolute Gasteiger partial charge is 0.178 e. The molecule has 1 spiro atoms. The molecule has 9 aromatic carbocycles. The minimum Gasteiger partial charge on any atom is -0.449 e. The van der Waals surface area contributed by atoms with E-state index in [9.17, 15) is 0 Å². The molecule has 0 saturated carbocycles. The molecule has 4 aliphatic rings. The van der Waals surface area contributed by atoms with E-state index in [-0.39, 0.29) is 0 Å². The van der Waals surface area contributed by atoms with Crippen LogP contribution < -0.4 is 14.4 Å². The lowest BCUT2D eigenvalue weighted by atomic mass is 9.70. The van der Waals surface area contributed by atoms with Gasteiger partial charge in [-0.25, -0.2) is 0 Å². The van der Waals surface area contributed by atoms with Gasteiger partial charge in [-0.15, -0.1) is 0 Å². The Morgan fingerprint density at radius 1 is 0.406 bits per heavy atom. The first-order valence-electron chi connectivity index (χ1n) is 22.2. The monoisotopic (exact) mass is 819 g/mol. The zero-order chi connectivity index (χ0) is 42.2. The molecule has 1 aliphatic heterocycles. The number of benzene rings is 9. The molecule has 0 N–H and O–H groups in total. The van der Waals surface area contributed by atoms with Crippen LogP contribution in [0.3, 0.4) is 0 Å². The van der Waals surface area contributed by atoms with Gasteiger partial charge in [-0.3, -0.25) is 0 Å². The molecule has 0 fully saturated rings. The lowest BCUT2D eigenvalue weighted by molar-refractivity contribution is 0.360. The van der Waals surface area contributed by atoms with Crippen molar-refractivity contribution in [3.63, 3.8) is 0 Å². The second-order valence-corrected chi connectivity index (χ2v) is 17.1. The summed E-state index contributed by atoms with van der Waals surface area (Å²) >= 11 is 0. The standard InChI is InChI=1S/C61H41NO2/c1-3-16-40(17-4-1)42-20-13-21-43(36-42)45-23-15-25-47(38-45)62(46-24-14-22-44(37-46)41-18-5-2-6-19-41)48-32-34-56-58(39-48)64-60-57(63-56)35-33-55-59(60)51-28-9-12-31-54(51)61(55)52-29-10-7-26-49(52)50-27-8-11-30-53(50)61/h1-18,20-39,41H,19H2. The normalized spacial score (nSPS) is 15.2. The molecule has 0 amide bonds. The Kier molecular flexibility index (Phi) is 8.26. The summed E-state index contributed by atoms with van der Waals surface area (Å²) in [6, 6.07) is 74.6. The summed E-state index contributed by atoms with van der Waals surface area (Å²) in [5.74, 6) is 3.14. The van der Waals surface area contributed by atoms with E-state index in [2.05, 4.69) is 235 Å². The van der Waals surface area contributed by atoms with Crippen molar-refractivity contribution in [2.75, 3.05) is 4.90 Å². The van der Waals surface area contributed by atoms with Crippen LogP contribution in [0.5, 0.6) is 23.0 Å². The fourth-order valence-electron chi connectivity index (χ4n) is 10.8. The van der Waals surface area contributed by atoms with Gasteiger partial charge in [0.2, 0.25) is 0 Å². The lowest BCUT2D eigenvalue weighted by Gasteiger charge is -2.31. The van der Waals surface area contributed by atoms with Gasteiger partial charge >= 0.3 is 0 Å². The van der Waals surface area contributed by atoms with Crippen LogP contribution in [0, 0.1) is 0 Å². The Bertz CT molecular complexity index is 3350. The van der Waals surface area contributed by atoms with E-state index in [1.165, 1.54) is 55.6 Å². The molecule has 3 heteroatoms. The zero-order valence-corrected chi connectivity index (χ0v) is 35.0. The summed E-state index contributed by atoms with van der Waals surface area (Å²) in [6.07, 6.45) is 9.82. The SMILES string of the molecule is C1=CCC(c2cccc(N(c3cccc(-c4cccc(-c5ccccc5)c4)c3)c3ccc4c(c3)Oc3c(ccc5c3-c3ccccc3C53c5ccccc5-c5ccccc53)O4)c2)C=C1. The van der Waals surface area contributed by atoms with Crippen LogP contribution in [0.15, 0.2) is 231 Å². The van der Waals surface area contributed by atoms with Gasteiger partial charge in [-0.2, -0.15) is 0 Å². The minimum atomic E-state index is -0.476. The number of fused-ring (bicyclic) bond motifs is 13.